The molecule has 0 saturated carbocycles. The number of ether oxygens (including phenoxy) is 1. The maximum atomic E-state index is 12.8. The Morgan fingerprint density at radius 2 is 2.27 bits per heavy atom. The van der Waals surface area contributed by atoms with Crippen molar-refractivity contribution in [1.29, 1.82) is 0 Å². The van der Waals surface area contributed by atoms with Crippen molar-refractivity contribution in [2.45, 2.75) is 38.1 Å². The van der Waals surface area contributed by atoms with E-state index in [1.165, 1.54) is 0 Å². The second-order valence-electron chi connectivity index (χ2n) is 6.57. The largest absolute Gasteiger partial charge is 0.479 e. The van der Waals surface area contributed by atoms with Crippen LogP contribution >= 0.6 is 0 Å². The Labute approximate surface area is 151 Å². The summed E-state index contributed by atoms with van der Waals surface area (Å²) < 4.78 is 10.2. The molecule has 1 aliphatic rings. The molecule has 2 aromatic heterocycles. The Morgan fingerprint density at radius 1 is 1.38 bits per heavy atom. The van der Waals surface area contributed by atoms with Crippen molar-refractivity contribution in [3.8, 4) is 5.88 Å². The van der Waals surface area contributed by atoms with Crippen LogP contribution in [0, 0.1) is 0 Å². The number of benzene rings is 1. The second kappa shape index (κ2) is 7.19. The number of aryl methyl sites for hydroxylation is 1. The molecular formula is C19H22N4O3. The zero-order valence-electron chi connectivity index (χ0n) is 14.8. The number of para-hydroxylation sites is 2. The summed E-state index contributed by atoms with van der Waals surface area (Å²) in [5, 5.41) is 3.77. The third kappa shape index (κ3) is 3.29. The molecule has 3 aromatic rings. The highest BCUT2D eigenvalue weighted by Gasteiger charge is 2.30. The quantitative estimate of drug-likeness (QED) is 0.760. The van der Waals surface area contributed by atoms with Gasteiger partial charge in [-0.05, 0) is 36.6 Å². The van der Waals surface area contributed by atoms with Crippen LogP contribution in [0.25, 0.3) is 11.0 Å². The predicted molar refractivity (Wildman–Crippen MR) is 95.8 cm³/mol. The minimum atomic E-state index is 0.00733. The van der Waals surface area contributed by atoms with E-state index in [0.717, 1.165) is 42.7 Å². The Morgan fingerprint density at radius 3 is 3.08 bits per heavy atom. The van der Waals surface area contributed by atoms with Gasteiger partial charge in [-0.3, -0.25) is 4.79 Å². The molecule has 0 aliphatic carbocycles. The highest BCUT2D eigenvalue weighted by atomic mass is 16.5. The highest BCUT2D eigenvalue weighted by molar-refractivity contribution is 5.78. The van der Waals surface area contributed by atoms with Crippen molar-refractivity contribution < 1.29 is 14.1 Å². The predicted octanol–water partition coefficient (Wildman–Crippen LogP) is 3.25. The van der Waals surface area contributed by atoms with Crippen LogP contribution in [0.3, 0.4) is 0 Å². The van der Waals surface area contributed by atoms with Crippen molar-refractivity contribution in [2.75, 3.05) is 13.7 Å². The summed E-state index contributed by atoms with van der Waals surface area (Å²) >= 11 is 0. The van der Waals surface area contributed by atoms with Crippen molar-refractivity contribution in [3.05, 3.63) is 41.9 Å². The van der Waals surface area contributed by atoms with E-state index in [1.807, 2.05) is 29.2 Å². The lowest BCUT2D eigenvalue weighted by molar-refractivity contribution is -0.135. The number of likely N-dealkylation sites (tertiary alicyclic amines) is 1. The van der Waals surface area contributed by atoms with Crippen LogP contribution in [0.5, 0.6) is 5.88 Å². The Bertz CT molecular complexity index is 868. The number of nitrogens with zero attached hydrogens (tertiary/aromatic N) is 3. The number of rotatable bonds is 5. The number of imidazole rings is 1. The van der Waals surface area contributed by atoms with E-state index in [9.17, 15) is 4.79 Å². The third-order valence-electron chi connectivity index (χ3n) is 4.88. The fourth-order valence-corrected chi connectivity index (χ4v) is 3.53. The van der Waals surface area contributed by atoms with Gasteiger partial charge in [-0.2, -0.15) is 0 Å². The number of amides is 1. The van der Waals surface area contributed by atoms with E-state index < -0.39 is 0 Å². The van der Waals surface area contributed by atoms with Gasteiger partial charge in [0.15, 0.2) is 0 Å². The summed E-state index contributed by atoms with van der Waals surface area (Å²) in [6.45, 7) is 0.764. The molecule has 1 N–H and O–H groups in total. The van der Waals surface area contributed by atoms with Crippen LogP contribution in [0.4, 0.5) is 0 Å². The molecule has 7 heteroatoms. The number of piperidine rings is 1. The number of nitrogens with one attached hydrogen (secondary N) is 1. The number of carbonyl (C=O) groups is 1. The second-order valence-corrected chi connectivity index (χ2v) is 6.57. The van der Waals surface area contributed by atoms with Gasteiger partial charge in [-0.25, -0.2) is 4.98 Å². The van der Waals surface area contributed by atoms with Gasteiger partial charge in [0.25, 0.3) is 5.88 Å². The van der Waals surface area contributed by atoms with Gasteiger partial charge in [-0.15, -0.1) is 0 Å². The van der Waals surface area contributed by atoms with Gasteiger partial charge in [0.2, 0.25) is 5.91 Å². The molecule has 0 radical (unpaired) electrons. The van der Waals surface area contributed by atoms with Gasteiger partial charge < -0.3 is 19.1 Å². The lowest BCUT2D eigenvalue weighted by Crippen LogP contribution is -2.39. The topological polar surface area (TPSA) is 84.2 Å². The molecule has 3 heterocycles. The number of aromatic amines is 1. The Balaban J connectivity index is 1.48. The highest BCUT2D eigenvalue weighted by Crippen LogP contribution is 2.31. The molecule has 1 saturated heterocycles. The number of aromatic nitrogens is 3. The molecule has 1 fully saturated rings. The van der Waals surface area contributed by atoms with Crippen molar-refractivity contribution in [1.82, 2.24) is 20.0 Å². The average Bonchev–Trinajstić information content (AvgIpc) is 3.32. The first-order valence-electron chi connectivity index (χ1n) is 8.98. The summed E-state index contributed by atoms with van der Waals surface area (Å²) in [4.78, 5) is 22.9. The number of hydrogen-bond donors (Lipinski definition) is 1. The first-order valence-corrected chi connectivity index (χ1v) is 8.98. The molecule has 0 bridgehead atoms. The van der Waals surface area contributed by atoms with E-state index in [0.29, 0.717) is 24.5 Å². The van der Waals surface area contributed by atoms with Gasteiger partial charge in [0, 0.05) is 25.5 Å². The average molecular weight is 354 g/mol. The first-order chi connectivity index (χ1) is 12.7. The van der Waals surface area contributed by atoms with E-state index in [-0.39, 0.29) is 11.9 Å². The van der Waals surface area contributed by atoms with Gasteiger partial charge in [0.1, 0.15) is 11.6 Å². The smallest absolute Gasteiger partial charge is 0.254 e. The molecule has 1 aliphatic heterocycles. The van der Waals surface area contributed by atoms with E-state index >= 15 is 0 Å². The lowest BCUT2D eigenvalue weighted by Gasteiger charge is -2.34. The zero-order valence-corrected chi connectivity index (χ0v) is 14.8. The standard InChI is InChI=1S/C19H22N4O3/c1-25-17-12-13(26-22-17)9-10-18(24)23-11-5-4-8-16(23)19-20-14-6-2-3-7-15(14)21-19/h2-3,6-7,12,16H,4-5,8-11H2,1H3,(H,20,21)/t16-/m0/s1. The van der Waals surface area contributed by atoms with Crippen LogP contribution in [0.15, 0.2) is 34.9 Å². The Hall–Kier alpha value is -2.83. The molecule has 1 amide bonds. The molecule has 7 nitrogen and oxygen atoms in total. The minimum Gasteiger partial charge on any atom is -0.479 e. The lowest BCUT2D eigenvalue weighted by atomic mass is 10.0. The molecule has 26 heavy (non-hydrogen) atoms. The number of carbonyl (C=O) groups excluding carboxylic acids is 1. The molecule has 0 spiro atoms. The third-order valence-corrected chi connectivity index (χ3v) is 4.88. The van der Waals surface area contributed by atoms with Gasteiger partial charge >= 0.3 is 0 Å². The summed E-state index contributed by atoms with van der Waals surface area (Å²) in [7, 11) is 1.54. The van der Waals surface area contributed by atoms with Crippen molar-refractivity contribution in [3.63, 3.8) is 0 Å². The Kier molecular flexibility index (Phi) is 4.60. The molecule has 1 atom stereocenters. The number of fused-ring (bicyclic) bond motifs is 1. The molecule has 4 rings (SSSR count). The van der Waals surface area contributed by atoms with Gasteiger partial charge in [-0.1, -0.05) is 12.1 Å². The van der Waals surface area contributed by atoms with E-state index in [1.54, 1.807) is 13.2 Å². The normalized spacial score (nSPS) is 17.6. The van der Waals surface area contributed by atoms with E-state index in [4.69, 9.17) is 14.2 Å². The summed E-state index contributed by atoms with van der Waals surface area (Å²) in [6, 6.07) is 9.69. The fourth-order valence-electron chi connectivity index (χ4n) is 3.53. The number of methoxy groups -OCH3 is 1. The molecule has 1 aromatic carbocycles. The van der Waals surface area contributed by atoms with Crippen molar-refractivity contribution >= 4 is 16.9 Å². The SMILES string of the molecule is COc1cc(CCC(=O)N2CCCC[C@H]2c2nc3ccccc3[nH]2)on1. The maximum absolute atomic E-state index is 12.8. The molecule has 136 valence electrons. The summed E-state index contributed by atoms with van der Waals surface area (Å²) in [5.74, 6) is 2.09. The number of hydrogen-bond acceptors (Lipinski definition) is 5. The summed E-state index contributed by atoms with van der Waals surface area (Å²) in [5.41, 5.74) is 1.95. The molecule has 0 unspecified atom stereocenters. The monoisotopic (exact) mass is 354 g/mol. The van der Waals surface area contributed by atoms with Crippen LogP contribution in [0.2, 0.25) is 0 Å². The summed E-state index contributed by atoms with van der Waals surface area (Å²) in [6.07, 6.45) is 3.96. The zero-order chi connectivity index (χ0) is 17.9. The molecular weight excluding hydrogens is 332 g/mol. The van der Waals surface area contributed by atoms with Crippen molar-refractivity contribution in [2.24, 2.45) is 0 Å². The van der Waals surface area contributed by atoms with Crippen LogP contribution in [-0.2, 0) is 11.2 Å². The minimum absolute atomic E-state index is 0.00733. The van der Waals surface area contributed by atoms with Gasteiger partial charge in [0.05, 0.1) is 24.2 Å². The fraction of sp³-hybridized carbons (Fsp3) is 0.421. The maximum Gasteiger partial charge on any atom is 0.254 e. The first kappa shape index (κ1) is 16.6. The van der Waals surface area contributed by atoms with E-state index in [2.05, 4.69) is 10.1 Å². The number of H-pyrrole nitrogens is 1. The van der Waals surface area contributed by atoms with Crippen LogP contribution in [0.1, 0.15) is 43.3 Å². The van der Waals surface area contributed by atoms with Crippen LogP contribution < -0.4 is 4.74 Å². The van der Waals surface area contributed by atoms with Crippen LogP contribution in [-0.4, -0.2) is 39.6 Å².